The lowest BCUT2D eigenvalue weighted by atomic mass is 10.2. The Morgan fingerprint density at radius 2 is 1.67 bits per heavy atom. The summed E-state index contributed by atoms with van der Waals surface area (Å²) >= 11 is 12.3. The number of nitrogens with one attached hydrogen (secondary N) is 1. The molecule has 4 aromatic rings. The van der Waals surface area contributed by atoms with Gasteiger partial charge >= 0.3 is 0 Å². The number of nitrogens with zero attached hydrogens (tertiary/aromatic N) is 2. The maximum atomic E-state index is 13.4. The fourth-order valence-electron chi connectivity index (χ4n) is 3.58. The molecule has 0 heterocycles. The molecule has 0 bridgehead atoms. The summed E-state index contributed by atoms with van der Waals surface area (Å²) in [7, 11) is -4.08. The Morgan fingerprint density at radius 3 is 2.36 bits per heavy atom. The monoisotopic (exact) mass is 581 g/mol. The predicted molar refractivity (Wildman–Crippen MR) is 155 cm³/mol. The molecule has 7 nitrogen and oxygen atoms in total. The second kappa shape index (κ2) is 12.8. The number of hydrogen-bond donors (Lipinski definition) is 1. The van der Waals surface area contributed by atoms with E-state index in [4.69, 9.17) is 27.9 Å². The Bertz CT molecular complexity index is 1580. The minimum atomic E-state index is -4.08. The zero-order valence-corrected chi connectivity index (χ0v) is 23.2. The van der Waals surface area contributed by atoms with E-state index in [-0.39, 0.29) is 15.6 Å². The SMILES string of the molecule is Cc1ccc(S(=O)(=O)N(CC(=O)N/N=C\c2ccc(OCc3cccc(Cl)c3)cc2)c2ccccc2Cl)cc1. The first-order valence-corrected chi connectivity index (χ1v) is 14.0. The summed E-state index contributed by atoms with van der Waals surface area (Å²) in [4.78, 5) is 12.8. The van der Waals surface area contributed by atoms with Crippen LogP contribution in [0.4, 0.5) is 5.69 Å². The molecule has 0 fully saturated rings. The standard InChI is InChI=1S/C29H25Cl2N3O4S/c1-21-9-15-26(16-10-21)39(36,37)34(28-8-3-2-7-27(28)31)19-29(35)33-32-18-22-11-13-25(14-12-22)38-20-23-5-4-6-24(30)17-23/h2-18H,19-20H2,1H3,(H,33,35)/b32-18-. The molecule has 0 saturated heterocycles. The molecular weight excluding hydrogens is 557 g/mol. The van der Waals surface area contributed by atoms with Gasteiger partial charge in [-0.3, -0.25) is 9.10 Å². The lowest BCUT2D eigenvalue weighted by molar-refractivity contribution is -0.119. The molecule has 4 aromatic carbocycles. The minimum Gasteiger partial charge on any atom is -0.489 e. The Morgan fingerprint density at radius 1 is 0.949 bits per heavy atom. The topological polar surface area (TPSA) is 88.1 Å². The summed E-state index contributed by atoms with van der Waals surface area (Å²) in [6, 6.07) is 27.3. The van der Waals surface area contributed by atoms with E-state index in [1.165, 1.54) is 18.3 Å². The van der Waals surface area contributed by atoms with E-state index in [1.54, 1.807) is 66.7 Å². The number of anilines is 1. The number of amides is 1. The van der Waals surface area contributed by atoms with E-state index in [2.05, 4.69) is 10.5 Å². The van der Waals surface area contributed by atoms with Gasteiger partial charge in [-0.05, 0) is 78.7 Å². The van der Waals surface area contributed by atoms with Gasteiger partial charge in [0.25, 0.3) is 15.9 Å². The molecule has 0 saturated carbocycles. The second-order valence-electron chi connectivity index (χ2n) is 8.56. The molecule has 0 aliphatic carbocycles. The second-order valence-corrected chi connectivity index (χ2v) is 11.3. The van der Waals surface area contributed by atoms with Gasteiger partial charge in [0.05, 0.1) is 21.8 Å². The van der Waals surface area contributed by atoms with Gasteiger partial charge in [0.2, 0.25) is 0 Å². The number of carbonyl (C=O) groups excluding carboxylic acids is 1. The van der Waals surface area contributed by atoms with Crippen molar-refractivity contribution in [3.8, 4) is 5.75 Å². The van der Waals surface area contributed by atoms with Crippen LogP contribution in [-0.2, 0) is 21.4 Å². The number of benzene rings is 4. The van der Waals surface area contributed by atoms with E-state index < -0.39 is 22.5 Å². The van der Waals surface area contributed by atoms with Crippen LogP contribution in [0.2, 0.25) is 10.0 Å². The van der Waals surface area contributed by atoms with E-state index in [1.807, 2.05) is 25.1 Å². The molecule has 0 aliphatic rings. The lowest BCUT2D eigenvalue weighted by Crippen LogP contribution is -2.39. The van der Waals surface area contributed by atoms with E-state index >= 15 is 0 Å². The third kappa shape index (κ3) is 7.60. The van der Waals surface area contributed by atoms with Gasteiger partial charge in [0.15, 0.2) is 0 Å². The first-order valence-electron chi connectivity index (χ1n) is 11.9. The first-order chi connectivity index (χ1) is 18.7. The van der Waals surface area contributed by atoms with Crippen molar-refractivity contribution in [2.75, 3.05) is 10.8 Å². The Hall–Kier alpha value is -3.85. The van der Waals surface area contributed by atoms with Crippen molar-refractivity contribution in [3.05, 3.63) is 124 Å². The molecular formula is C29H25Cl2N3O4S. The van der Waals surface area contributed by atoms with Gasteiger partial charge in [-0.15, -0.1) is 0 Å². The molecule has 200 valence electrons. The quantitative estimate of drug-likeness (QED) is 0.178. The Labute approximate surface area is 237 Å². The molecule has 39 heavy (non-hydrogen) atoms. The third-order valence-electron chi connectivity index (χ3n) is 5.59. The van der Waals surface area contributed by atoms with Crippen molar-refractivity contribution in [2.24, 2.45) is 5.10 Å². The summed E-state index contributed by atoms with van der Waals surface area (Å²) in [6.45, 7) is 1.71. The van der Waals surface area contributed by atoms with Gasteiger partial charge in [0.1, 0.15) is 18.9 Å². The number of ether oxygens (including phenoxy) is 1. The molecule has 0 spiro atoms. The van der Waals surface area contributed by atoms with Crippen LogP contribution in [0.3, 0.4) is 0 Å². The largest absolute Gasteiger partial charge is 0.489 e. The fraction of sp³-hybridized carbons (Fsp3) is 0.103. The molecule has 4 rings (SSSR count). The van der Waals surface area contributed by atoms with Gasteiger partial charge in [0, 0.05) is 5.02 Å². The highest BCUT2D eigenvalue weighted by molar-refractivity contribution is 7.92. The fourth-order valence-corrected chi connectivity index (χ4v) is 5.52. The number of hydrogen-bond acceptors (Lipinski definition) is 5. The molecule has 1 amide bonds. The smallest absolute Gasteiger partial charge is 0.264 e. The van der Waals surface area contributed by atoms with E-state index in [0.29, 0.717) is 22.9 Å². The van der Waals surface area contributed by atoms with Gasteiger partial charge < -0.3 is 4.74 Å². The van der Waals surface area contributed by atoms with Crippen molar-refractivity contribution in [1.82, 2.24) is 5.43 Å². The van der Waals surface area contributed by atoms with Crippen LogP contribution in [0.5, 0.6) is 5.75 Å². The number of hydrazone groups is 1. The molecule has 0 aromatic heterocycles. The lowest BCUT2D eigenvalue weighted by Gasteiger charge is -2.24. The zero-order valence-electron chi connectivity index (χ0n) is 20.9. The molecule has 0 aliphatic heterocycles. The summed E-state index contributed by atoms with van der Waals surface area (Å²) in [5, 5.41) is 4.82. The van der Waals surface area contributed by atoms with Crippen LogP contribution in [-0.4, -0.2) is 27.1 Å². The van der Waals surface area contributed by atoms with Crippen molar-refractivity contribution in [2.45, 2.75) is 18.4 Å². The number of aryl methyl sites for hydroxylation is 1. The Kier molecular flexibility index (Phi) is 9.24. The predicted octanol–water partition coefficient (Wildman–Crippen LogP) is 6.23. The van der Waals surface area contributed by atoms with Crippen LogP contribution in [0.25, 0.3) is 0 Å². The van der Waals surface area contributed by atoms with Crippen LogP contribution in [0.1, 0.15) is 16.7 Å². The Balaban J connectivity index is 1.41. The molecule has 0 atom stereocenters. The molecule has 0 radical (unpaired) electrons. The normalized spacial score (nSPS) is 11.4. The highest BCUT2D eigenvalue weighted by atomic mass is 35.5. The number of sulfonamides is 1. The van der Waals surface area contributed by atoms with Crippen LogP contribution in [0.15, 0.2) is 107 Å². The van der Waals surface area contributed by atoms with Gasteiger partial charge in [-0.1, -0.05) is 65.2 Å². The zero-order chi connectivity index (χ0) is 27.8. The van der Waals surface area contributed by atoms with Crippen molar-refractivity contribution < 1.29 is 17.9 Å². The molecule has 1 N–H and O–H groups in total. The van der Waals surface area contributed by atoms with Crippen molar-refractivity contribution >= 4 is 51.0 Å². The maximum Gasteiger partial charge on any atom is 0.264 e. The van der Waals surface area contributed by atoms with E-state index in [9.17, 15) is 13.2 Å². The average molecular weight is 583 g/mol. The van der Waals surface area contributed by atoms with Crippen molar-refractivity contribution in [1.29, 1.82) is 0 Å². The average Bonchev–Trinajstić information content (AvgIpc) is 2.92. The number of carbonyl (C=O) groups is 1. The summed E-state index contributed by atoms with van der Waals surface area (Å²) in [5.74, 6) is 0.0242. The highest BCUT2D eigenvalue weighted by Gasteiger charge is 2.28. The number of para-hydroxylation sites is 1. The number of halogens is 2. The highest BCUT2D eigenvalue weighted by Crippen LogP contribution is 2.30. The first kappa shape index (κ1) is 28.2. The maximum absolute atomic E-state index is 13.4. The van der Waals surface area contributed by atoms with Gasteiger partial charge in [-0.25, -0.2) is 13.8 Å². The van der Waals surface area contributed by atoms with E-state index in [0.717, 1.165) is 15.4 Å². The molecule has 0 unspecified atom stereocenters. The van der Waals surface area contributed by atoms with Crippen LogP contribution >= 0.6 is 23.2 Å². The van der Waals surface area contributed by atoms with Gasteiger partial charge in [-0.2, -0.15) is 5.10 Å². The summed E-state index contributed by atoms with van der Waals surface area (Å²) < 4.78 is 33.6. The van der Waals surface area contributed by atoms with Crippen molar-refractivity contribution in [3.63, 3.8) is 0 Å². The van der Waals surface area contributed by atoms with Crippen LogP contribution < -0.4 is 14.5 Å². The molecule has 10 heteroatoms. The number of rotatable bonds is 10. The summed E-state index contributed by atoms with van der Waals surface area (Å²) in [5.41, 5.74) is 5.14. The van der Waals surface area contributed by atoms with Crippen LogP contribution in [0, 0.1) is 6.92 Å². The third-order valence-corrected chi connectivity index (χ3v) is 7.92. The minimum absolute atomic E-state index is 0.0435. The summed E-state index contributed by atoms with van der Waals surface area (Å²) in [6.07, 6.45) is 1.45.